The van der Waals surface area contributed by atoms with Crippen LogP contribution in [0.25, 0.3) is 0 Å². The van der Waals surface area contributed by atoms with Gasteiger partial charge in [0, 0.05) is 18.8 Å². The Morgan fingerprint density at radius 1 is 1.31 bits per heavy atom. The molecule has 2 rings (SSSR count). The fourth-order valence-electron chi connectivity index (χ4n) is 1.14. The van der Waals surface area contributed by atoms with Gasteiger partial charge in [-0.3, -0.25) is 4.79 Å². The molecule has 2 heterocycles. The van der Waals surface area contributed by atoms with Gasteiger partial charge in [0.1, 0.15) is 6.33 Å². The number of carbonyl (C=O) groups is 1. The van der Waals surface area contributed by atoms with Crippen molar-refractivity contribution < 1.29 is 4.79 Å². The lowest BCUT2D eigenvalue weighted by atomic mass is 10.2. The Hall–Kier alpha value is -1.89. The summed E-state index contributed by atoms with van der Waals surface area (Å²) in [6.07, 6.45) is 7.38. The fourth-order valence-corrected chi connectivity index (χ4v) is 1.52. The second-order valence-corrected chi connectivity index (χ2v) is 3.64. The van der Waals surface area contributed by atoms with Crippen LogP contribution in [0, 0.1) is 0 Å². The third-order valence-electron chi connectivity index (χ3n) is 1.88. The molecular formula is C9H9N5OS. The minimum absolute atomic E-state index is 0.0865. The van der Waals surface area contributed by atoms with Crippen molar-refractivity contribution in [2.24, 2.45) is 0 Å². The quantitative estimate of drug-likeness (QED) is 0.851. The summed E-state index contributed by atoms with van der Waals surface area (Å²) in [5.74, 6) is 0.413. The molecule has 6 nitrogen and oxygen atoms in total. The van der Waals surface area contributed by atoms with E-state index in [-0.39, 0.29) is 5.91 Å². The predicted molar refractivity (Wildman–Crippen MR) is 58.9 cm³/mol. The molecule has 0 unspecified atom stereocenters. The van der Waals surface area contributed by atoms with Gasteiger partial charge in [-0.05, 0) is 12.0 Å². The predicted octanol–water partition coefficient (Wildman–Crippen LogP) is 0.899. The van der Waals surface area contributed by atoms with Gasteiger partial charge in [0.05, 0.1) is 17.9 Å². The second-order valence-electron chi connectivity index (χ2n) is 3.09. The van der Waals surface area contributed by atoms with Crippen LogP contribution < -0.4 is 5.32 Å². The average Bonchev–Trinajstić information content (AvgIpc) is 2.81. The van der Waals surface area contributed by atoms with E-state index in [1.165, 1.54) is 12.5 Å². The van der Waals surface area contributed by atoms with Crippen LogP contribution in [0.5, 0.6) is 0 Å². The third kappa shape index (κ3) is 3.06. The first-order valence-electron chi connectivity index (χ1n) is 4.66. The number of nitrogens with one attached hydrogen (secondary N) is 1. The van der Waals surface area contributed by atoms with Gasteiger partial charge >= 0.3 is 0 Å². The van der Waals surface area contributed by atoms with Gasteiger partial charge in [-0.25, -0.2) is 9.97 Å². The van der Waals surface area contributed by atoms with Crippen LogP contribution in [0.1, 0.15) is 12.0 Å². The molecule has 0 aliphatic heterocycles. The van der Waals surface area contributed by atoms with Crippen LogP contribution in [-0.4, -0.2) is 24.6 Å². The molecule has 7 heteroatoms. The van der Waals surface area contributed by atoms with Gasteiger partial charge in [-0.2, -0.15) is 8.75 Å². The molecule has 0 aliphatic carbocycles. The molecule has 0 spiro atoms. The highest BCUT2D eigenvalue weighted by Gasteiger charge is 2.04. The van der Waals surface area contributed by atoms with Gasteiger partial charge in [-0.1, -0.05) is 0 Å². The number of hydrogen-bond acceptors (Lipinski definition) is 6. The van der Waals surface area contributed by atoms with Crippen LogP contribution in [0.15, 0.2) is 24.9 Å². The van der Waals surface area contributed by atoms with Gasteiger partial charge in [0.25, 0.3) is 0 Å². The van der Waals surface area contributed by atoms with Crippen LogP contribution in [0.4, 0.5) is 5.82 Å². The van der Waals surface area contributed by atoms with Gasteiger partial charge < -0.3 is 5.32 Å². The number of rotatable bonds is 4. The van der Waals surface area contributed by atoms with Crippen LogP contribution in [0.2, 0.25) is 0 Å². The normalized spacial score (nSPS) is 10.0. The minimum Gasteiger partial charge on any atom is -0.308 e. The lowest BCUT2D eigenvalue weighted by molar-refractivity contribution is -0.116. The average molecular weight is 235 g/mol. The molecule has 2 aromatic heterocycles. The van der Waals surface area contributed by atoms with E-state index in [0.29, 0.717) is 18.7 Å². The topological polar surface area (TPSA) is 80.7 Å². The molecular weight excluding hydrogens is 226 g/mol. The maximum absolute atomic E-state index is 11.5. The van der Waals surface area contributed by atoms with Gasteiger partial charge in [0.2, 0.25) is 5.91 Å². The molecule has 1 N–H and O–H groups in total. The Kier molecular flexibility index (Phi) is 3.50. The molecule has 16 heavy (non-hydrogen) atoms. The molecule has 0 fully saturated rings. The van der Waals surface area contributed by atoms with Crippen molar-refractivity contribution in [2.45, 2.75) is 12.8 Å². The van der Waals surface area contributed by atoms with Crippen molar-refractivity contribution in [3.63, 3.8) is 0 Å². The minimum atomic E-state index is -0.0865. The molecule has 0 atom stereocenters. The van der Waals surface area contributed by atoms with E-state index >= 15 is 0 Å². The fraction of sp³-hybridized carbons (Fsp3) is 0.222. The largest absolute Gasteiger partial charge is 0.308 e. The Morgan fingerprint density at radius 3 is 2.81 bits per heavy atom. The van der Waals surface area contributed by atoms with E-state index in [9.17, 15) is 4.79 Å². The molecule has 0 saturated heterocycles. The smallest absolute Gasteiger partial charge is 0.225 e. The molecule has 1 amide bonds. The van der Waals surface area contributed by atoms with Crippen molar-refractivity contribution in [1.82, 2.24) is 18.7 Å². The highest BCUT2D eigenvalue weighted by Crippen LogP contribution is 2.04. The standard InChI is InChI=1S/C9H9N5OS/c15-9(13-8-5-12-16-14-8)2-1-7-3-10-6-11-4-7/h3-6H,1-2H2,(H,13,14,15). The maximum atomic E-state index is 11.5. The Morgan fingerprint density at radius 2 is 2.12 bits per heavy atom. The lowest BCUT2D eigenvalue weighted by Gasteiger charge is -2.00. The van der Waals surface area contributed by atoms with Crippen molar-refractivity contribution in [3.05, 3.63) is 30.5 Å². The molecule has 0 aromatic carbocycles. The lowest BCUT2D eigenvalue weighted by Crippen LogP contribution is -2.12. The Labute approximate surface area is 96.1 Å². The summed E-state index contributed by atoms with van der Waals surface area (Å²) in [7, 11) is 0. The SMILES string of the molecule is O=C(CCc1cncnc1)Nc1cnsn1. The van der Waals surface area contributed by atoms with E-state index in [2.05, 4.69) is 24.0 Å². The summed E-state index contributed by atoms with van der Waals surface area (Å²) in [6.45, 7) is 0. The summed E-state index contributed by atoms with van der Waals surface area (Å²) in [4.78, 5) is 19.2. The van der Waals surface area contributed by atoms with Crippen molar-refractivity contribution in [3.8, 4) is 0 Å². The number of aryl methyl sites for hydroxylation is 1. The first kappa shape index (κ1) is 10.6. The molecule has 2 aromatic rings. The van der Waals surface area contributed by atoms with Gasteiger partial charge in [0.15, 0.2) is 5.82 Å². The zero-order valence-electron chi connectivity index (χ0n) is 8.33. The molecule has 0 saturated carbocycles. The van der Waals surface area contributed by atoms with Crippen LogP contribution in [0.3, 0.4) is 0 Å². The van der Waals surface area contributed by atoms with E-state index in [4.69, 9.17) is 0 Å². The number of anilines is 1. The van der Waals surface area contributed by atoms with E-state index < -0.39 is 0 Å². The zero-order chi connectivity index (χ0) is 11.2. The summed E-state index contributed by atoms with van der Waals surface area (Å²) in [5, 5.41) is 2.65. The molecule has 0 aliphatic rings. The Balaban J connectivity index is 1.80. The summed E-state index contributed by atoms with van der Waals surface area (Å²) in [6, 6.07) is 0. The summed E-state index contributed by atoms with van der Waals surface area (Å²) in [5.41, 5.74) is 0.939. The maximum Gasteiger partial charge on any atom is 0.225 e. The number of amides is 1. The van der Waals surface area contributed by atoms with E-state index in [1.54, 1.807) is 12.4 Å². The number of carbonyl (C=O) groups excluding carboxylic acids is 1. The number of hydrogen-bond donors (Lipinski definition) is 1. The summed E-state index contributed by atoms with van der Waals surface area (Å²) >= 11 is 1.06. The number of aromatic nitrogens is 4. The third-order valence-corrected chi connectivity index (χ3v) is 2.36. The molecule has 0 bridgehead atoms. The number of nitrogens with zero attached hydrogens (tertiary/aromatic N) is 4. The van der Waals surface area contributed by atoms with Crippen molar-refractivity contribution >= 4 is 23.5 Å². The Bertz CT molecular complexity index is 444. The van der Waals surface area contributed by atoms with Crippen molar-refractivity contribution in [1.29, 1.82) is 0 Å². The van der Waals surface area contributed by atoms with Crippen LogP contribution >= 0.6 is 11.7 Å². The second kappa shape index (κ2) is 5.26. The molecule has 0 radical (unpaired) electrons. The first-order chi connectivity index (χ1) is 7.84. The monoisotopic (exact) mass is 235 g/mol. The zero-order valence-corrected chi connectivity index (χ0v) is 9.15. The first-order valence-corrected chi connectivity index (χ1v) is 5.39. The highest BCUT2D eigenvalue weighted by atomic mass is 32.1. The van der Waals surface area contributed by atoms with E-state index in [1.807, 2.05) is 0 Å². The summed E-state index contributed by atoms with van der Waals surface area (Å²) < 4.78 is 7.67. The highest BCUT2D eigenvalue weighted by molar-refractivity contribution is 6.99. The van der Waals surface area contributed by atoms with E-state index in [0.717, 1.165) is 17.3 Å². The van der Waals surface area contributed by atoms with Gasteiger partial charge in [-0.15, -0.1) is 0 Å². The van der Waals surface area contributed by atoms with Crippen molar-refractivity contribution in [2.75, 3.05) is 5.32 Å². The van der Waals surface area contributed by atoms with Crippen LogP contribution in [-0.2, 0) is 11.2 Å². The molecule has 82 valence electrons.